The Kier molecular flexibility index (Phi) is 14.0. The number of carboxylic acid groups (broad SMARTS) is 4. The van der Waals surface area contributed by atoms with E-state index in [0.717, 1.165) is 113 Å². The highest BCUT2D eigenvalue weighted by atomic mass is 32.2. The Labute approximate surface area is 411 Å². The van der Waals surface area contributed by atoms with Crippen molar-refractivity contribution in [3.05, 3.63) is 168 Å². The first kappa shape index (κ1) is 46.9. The fourth-order valence-corrected chi connectivity index (χ4v) is 9.82. The average molecular weight is 971 g/mol. The molecule has 0 amide bonds. The predicted octanol–water partition coefficient (Wildman–Crippen LogP) is 12.4. The number of carboxylic acids is 4. The Hall–Kier alpha value is -8.21. The number of hydrogen-bond acceptors (Lipinski definition) is 12. The number of rotatable bonds is 20. The van der Waals surface area contributed by atoms with Gasteiger partial charge in [-0.1, -0.05) is 72.8 Å². The number of nitrogens with one attached hydrogen (secondary N) is 2. The summed E-state index contributed by atoms with van der Waals surface area (Å²) in [6, 6.07) is 47.8. The summed E-state index contributed by atoms with van der Waals surface area (Å²) < 4.78 is 16.7. The Balaban J connectivity index is 1.05. The van der Waals surface area contributed by atoms with Crippen molar-refractivity contribution in [2.75, 3.05) is 19.2 Å². The second-order valence-electron chi connectivity index (χ2n) is 16.8. The molecule has 0 unspecified atom stereocenters. The molecule has 7 aromatic carbocycles. The van der Waals surface area contributed by atoms with Crippen molar-refractivity contribution in [3.63, 3.8) is 0 Å². The van der Waals surface area contributed by atoms with Crippen LogP contribution in [0.15, 0.2) is 146 Å². The van der Waals surface area contributed by atoms with Gasteiger partial charge in [-0.3, -0.25) is 19.2 Å². The largest absolute Gasteiger partial charge is 0.481 e. The van der Waals surface area contributed by atoms with Crippen molar-refractivity contribution in [1.29, 1.82) is 0 Å². The van der Waals surface area contributed by atoms with Crippen LogP contribution in [0.3, 0.4) is 0 Å². The maximum Gasteiger partial charge on any atom is 0.303 e. The van der Waals surface area contributed by atoms with Crippen molar-refractivity contribution in [2.24, 2.45) is 0 Å². The fourth-order valence-electron chi connectivity index (χ4n) is 8.60. The summed E-state index contributed by atoms with van der Waals surface area (Å²) in [4.78, 5) is 49.3. The van der Waals surface area contributed by atoms with E-state index in [1.165, 1.54) is 12.1 Å². The number of hydrogen-bond donors (Lipinski definition) is 6. The van der Waals surface area contributed by atoms with E-state index in [1.54, 1.807) is 0 Å². The summed E-state index contributed by atoms with van der Waals surface area (Å²) in [5.74, 6) is -3.41. The molecule has 8 aromatic rings. The number of nitrogens with zero attached hydrogens (tertiary/aromatic N) is 4. The molecule has 16 heteroatoms. The van der Waals surface area contributed by atoms with Crippen LogP contribution in [0, 0.1) is 0 Å². The molecular formula is C54H46N6O8S2. The third-order valence-corrected chi connectivity index (χ3v) is 13.3. The zero-order valence-electron chi connectivity index (χ0n) is 37.5. The van der Waals surface area contributed by atoms with Gasteiger partial charge in [-0.15, -0.1) is 0 Å². The Morgan fingerprint density at radius 2 is 0.629 bits per heavy atom. The summed E-state index contributed by atoms with van der Waals surface area (Å²) in [6.07, 6.45) is 1.82. The van der Waals surface area contributed by atoms with Crippen molar-refractivity contribution < 1.29 is 39.6 Å². The summed E-state index contributed by atoms with van der Waals surface area (Å²) in [6.45, 7) is 0. The summed E-state index contributed by atoms with van der Waals surface area (Å²) in [5, 5.41) is 37.0. The Morgan fingerprint density at radius 1 is 0.386 bits per heavy atom. The lowest BCUT2D eigenvalue weighted by molar-refractivity contribution is -0.138. The van der Waals surface area contributed by atoms with E-state index < -0.39 is 23.9 Å². The maximum atomic E-state index is 11.3. The van der Waals surface area contributed by atoms with Crippen LogP contribution in [-0.2, 0) is 44.9 Å². The molecular weight excluding hydrogens is 925 g/mol. The van der Waals surface area contributed by atoms with Gasteiger partial charge in [0.1, 0.15) is 11.0 Å². The normalized spacial score (nSPS) is 11.7. The summed E-state index contributed by atoms with van der Waals surface area (Å²) >= 11 is 2.51. The molecule has 352 valence electrons. The van der Waals surface area contributed by atoms with E-state index in [1.807, 2.05) is 121 Å². The zero-order valence-corrected chi connectivity index (χ0v) is 39.2. The van der Waals surface area contributed by atoms with Crippen LogP contribution in [0.25, 0.3) is 33.3 Å². The standard InChI is InChI=1S/C54H46N6O8S2/c61-45(62)29-9-33-1-17-39(18-2-33)59(40-19-3-34(4-20-40)10-30-46(63)64)43-25-13-37(14-26-43)49-51-53(57-69-55-51)50(54-52(49)56-70-58-54)38-15-27-44(28-16-38)60(41-21-5-35(6-22-41)11-31-47(65)66)42-23-7-36(8-24-42)12-32-48(67)68/h1-8,13-28,55,57H,9-12,29-32H2,(H,61,62)(H,63,64)(H,65,66)(H,67,68). The van der Waals surface area contributed by atoms with Gasteiger partial charge in [-0.2, -0.15) is 8.75 Å². The van der Waals surface area contributed by atoms with Gasteiger partial charge in [0, 0.05) is 70.9 Å². The minimum absolute atomic E-state index is 0.0369. The maximum absolute atomic E-state index is 11.3. The molecule has 70 heavy (non-hydrogen) atoms. The first-order chi connectivity index (χ1) is 34.0. The molecule has 0 saturated carbocycles. The number of aliphatic carboxylic acids is 4. The molecule has 14 nitrogen and oxygen atoms in total. The minimum atomic E-state index is -0.851. The van der Waals surface area contributed by atoms with E-state index >= 15 is 0 Å². The highest BCUT2D eigenvalue weighted by molar-refractivity contribution is 8.02. The molecule has 0 aliphatic carbocycles. The molecule has 6 N–H and O–H groups in total. The fraction of sp³-hybridized carbons (Fsp3) is 0.148. The van der Waals surface area contributed by atoms with Crippen molar-refractivity contribution >= 4 is 104 Å². The zero-order chi connectivity index (χ0) is 48.7. The van der Waals surface area contributed by atoms with E-state index in [-0.39, 0.29) is 25.7 Å². The molecule has 1 aliphatic heterocycles. The number of aromatic nitrogens is 2. The molecule has 1 aromatic heterocycles. The predicted molar refractivity (Wildman–Crippen MR) is 276 cm³/mol. The molecule has 1 aliphatic rings. The van der Waals surface area contributed by atoms with Gasteiger partial charge < -0.3 is 39.7 Å². The molecule has 9 rings (SSSR count). The van der Waals surface area contributed by atoms with E-state index in [2.05, 4.69) is 43.5 Å². The van der Waals surface area contributed by atoms with Crippen molar-refractivity contribution in [1.82, 2.24) is 8.75 Å². The van der Waals surface area contributed by atoms with E-state index in [0.29, 0.717) is 25.7 Å². The number of fused-ring (bicyclic) bond motifs is 2. The van der Waals surface area contributed by atoms with Gasteiger partial charge in [0.05, 0.1) is 35.2 Å². The summed E-state index contributed by atoms with van der Waals surface area (Å²) in [5.41, 5.74) is 15.7. The second kappa shape index (κ2) is 21.0. The van der Waals surface area contributed by atoms with Gasteiger partial charge in [0.2, 0.25) is 0 Å². The van der Waals surface area contributed by atoms with E-state index in [9.17, 15) is 39.6 Å². The van der Waals surface area contributed by atoms with Crippen molar-refractivity contribution in [3.8, 4) is 22.3 Å². The number of carbonyl (C=O) groups is 4. The van der Waals surface area contributed by atoms with Crippen LogP contribution < -0.4 is 19.2 Å². The van der Waals surface area contributed by atoms with E-state index in [4.69, 9.17) is 8.75 Å². The quantitative estimate of drug-likeness (QED) is 0.0393. The smallest absolute Gasteiger partial charge is 0.303 e. The monoisotopic (exact) mass is 970 g/mol. The molecule has 0 saturated heterocycles. The van der Waals surface area contributed by atoms with Gasteiger partial charge in [-0.25, -0.2) is 0 Å². The Bertz CT molecular complexity index is 2850. The topological polar surface area (TPSA) is 206 Å². The molecule has 0 spiro atoms. The summed E-state index contributed by atoms with van der Waals surface area (Å²) in [7, 11) is 0. The lowest BCUT2D eigenvalue weighted by atomic mass is 9.93. The molecule has 0 fully saturated rings. The van der Waals surface area contributed by atoms with Crippen LogP contribution in [0.4, 0.5) is 45.5 Å². The van der Waals surface area contributed by atoms with Crippen LogP contribution in [-0.4, -0.2) is 53.1 Å². The van der Waals surface area contributed by atoms with Gasteiger partial charge in [0.15, 0.2) is 0 Å². The lowest BCUT2D eigenvalue weighted by Crippen LogP contribution is -2.10. The highest BCUT2D eigenvalue weighted by Gasteiger charge is 2.28. The number of benzene rings is 7. The van der Waals surface area contributed by atoms with Crippen LogP contribution in [0.5, 0.6) is 0 Å². The van der Waals surface area contributed by atoms with Gasteiger partial charge in [-0.05, 0) is 132 Å². The van der Waals surface area contributed by atoms with Crippen LogP contribution in [0.2, 0.25) is 0 Å². The molecule has 2 heterocycles. The third kappa shape index (κ3) is 10.6. The first-order valence-corrected chi connectivity index (χ1v) is 24.1. The molecule has 0 bridgehead atoms. The Morgan fingerprint density at radius 3 is 0.871 bits per heavy atom. The SMILES string of the molecule is O=C(O)CCc1ccc(N(c2ccc(CCC(=O)O)cc2)c2ccc(-c3c4c(c(-c5ccc(N(c6ccc(CCC(=O)O)cc6)c6ccc(CCC(=O)O)cc6)cc5)c5nsnc35)NSN4)cc2)cc1. The van der Waals surface area contributed by atoms with Gasteiger partial charge >= 0.3 is 23.9 Å². The molecule has 0 radical (unpaired) electrons. The lowest BCUT2D eigenvalue weighted by Gasteiger charge is -2.26. The van der Waals surface area contributed by atoms with Crippen LogP contribution in [0.1, 0.15) is 47.9 Å². The van der Waals surface area contributed by atoms with Crippen LogP contribution >= 0.6 is 23.9 Å². The second-order valence-corrected chi connectivity index (χ2v) is 17.9. The van der Waals surface area contributed by atoms with Gasteiger partial charge in [0.25, 0.3) is 0 Å². The first-order valence-electron chi connectivity index (χ1n) is 22.5. The number of aryl methyl sites for hydroxylation is 4. The number of anilines is 8. The molecule has 0 atom stereocenters. The minimum Gasteiger partial charge on any atom is -0.481 e. The van der Waals surface area contributed by atoms with Crippen molar-refractivity contribution in [2.45, 2.75) is 51.4 Å². The average Bonchev–Trinajstić information content (AvgIpc) is 4.06. The highest BCUT2D eigenvalue weighted by Crippen LogP contribution is 2.52. The third-order valence-electron chi connectivity index (χ3n) is 12.1.